The van der Waals surface area contributed by atoms with Gasteiger partial charge >= 0.3 is 0 Å². The van der Waals surface area contributed by atoms with Gasteiger partial charge in [0.25, 0.3) is 11.4 Å². The third-order valence-electron chi connectivity index (χ3n) is 9.60. The van der Waals surface area contributed by atoms with Crippen LogP contribution in [0.1, 0.15) is 0 Å². The number of nitro benzene ring substituents is 2. The largest absolute Gasteiger partial charge is 0.345 e. The molecule has 0 unspecified atom stereocenters. The molecule has 4 heterocycles. The number of halogens is 2. The second-order valence-electron chi connectivity index (χ2n) is 13.3. The Morgan fingerprint density at radius 1 is 0.583 bits per heavy atom. The minimum atomic E-state index is -3.79. The van der Waals surface area contributed by atoms with Gasteiger partial charge in [-0.3, -0.25) is 20.2 Å². The molecule has 2 aromatic heterocycles. The van der Waals surface area contributed by atoms with E-state index >= 15 is 0 Å². The molecule has 0 N–H and O–H groups in total. The molecule has 16 nitrogen and oxygen atoms in total. The second-order valence-corrected chi connectivity index (χ2v) is 20.2. The van der Waals surface area contributed by atoms with Gasteiger partial charge in [0.1, 0.15) is 0 Å². The molecule has 0 aliphatic carbocycles. The predicted octanol–water partition coefficient (Wildman–Crippen LogP) is 7.87. The SMILES string of the molecule is O=[N+]([O-])c1cccc(S(=O)(=O)N2CCN(c3nc(-c4ccc(Cl)cc4)cs3)CC2)c1.O=[N+]([O-])c1cccc(S(=O)(=O)N2CCN(c3nc(-c4cccc(Br)c4)cs3)CC2)c1. The highest BCUT2D eigenvalue weighted by atomic mass is 79.9. The summed E-state index contributed by atoms with van der Waals surface area (Å²) in [7, 11) is -7.58. The average molecular weight is 974 g/mol. The van der Waals surface area contributed by atoms with E-state index in [-0.39, 0.29) is 47.3 Å². The van der Waals surface area contributed by atoms with E-state index in [9.17, 15) is 37.1 Å². The summed E-state index contributed by atoms with van der Waals surface area (Å²) < 4.78 is 55.3. The number of thiazole rings is 2. The number of hydrogen-bond donors (Lipinski definition) is 0. The van der Waals surface area contributed by atoms with Crippen molar-refractivity contribution < 1.29 is 26.7 Å². The van der Waals surface area contributed by atoms with Crippen molar-refractivity contribution in [3.05, 3.63) is 138 Å². The van der Waals surface area contributed by atoms with Crippen LogP contribution in [0.15, 0.2) is 122 Å². The Kier molecular flexibility index (Phi) is 13.3. The van der Waals surface area contributed by atoms with Gasteiger partial charge in [-0.25, -0.2) is 26.8 Å². The first-order valence-electron chi connectivity index (χ1n) is 18.1. The third-order valence-corrected chi connectivity index (χ3v) is 15.9. The van der Waals surface area contributed by atoms with Crippen LogP contribution in [0, 0.1) is 20.2 Å². The maximum atomic E-state index is 12.9. The van der Waals surface area contributed by atoms with Crippen molar-refractivity contribution in [3.63, 3.8) is 0 Å². The van der Waals surface area contributed by atoms with Crippen molar-refractivity contribution >= 4 is 91.9 Å². The van der Waals surface area contributed by atoms with Gasteiger partial charge in [0, 0.05) is 108 Å². The lowest BCUT2D eigenvalue weighted by Gasteiger charge is -2.33. The number of rotatable bonds is 10. The molecule has 2 saturated heterocycles. The molecule has 4 aromatic carbocycles. The monoisotopic (exact) mass is 972 g/mol. The van der Waals surface area contributed by atoms with Crippen molar-refractivity contribution in [1.82, 2.24) is 18.6 Å². The van der Waals surface area contributed by atoms with Gasteiger partial charge in [0.2, 0.25) is 20.0 Å². The predicted molar refractivity (Wildman–Crippen MR) is 236 cm³/mol. The van der Waals surface area contributed by atoms with Crippen LogP contribution in [0.25, 0.3) is 22.5 Å². The first-order chi connectivity index (χ1) is 28.7. The summed E-state index contributed by atoms with van der Waals surface area (Å²) in [5.41, 5.74) is 3.22. The van der Waals surface area contributed by atoms with E-state index in [1.165, 1.54) is 67.7 Å². The van der Waals surface area contributed by atoms with E-state index in [4.69, 9.17) is 16.6 Å². The highest BCUT2D eigenvalue weighted by Gasteiger charge is 2.32. The van der Waals surface area contributed by atoms with Gasteiger partial charge < -0.3 is 9.80 Å². The molecule has 2 aliphatic rings. The number of anilines is 2. The van der Waals surface area contributed by atoms with E-state index in [2.05, 4.69) is 25.8 Å². The first-order valence-corrected chi connectivity index (χ1v) is 23.9. The van der Waals surface area contributed by atoms with Crippen LogP contribution in [0.3, 0.4) is 0 Å². The minimum absolute atomic E-state index is 0.0589. The molecule has 0 bridgehead atoms. The summed E-state index contributed by atoms with van der Waals surface area (Å²) in [5, 5.41) is 28.2. The molecule has 0 atom stereocenters. The minimum Gasteiger partial charge on any atom is -0.345 e. The summed E-state index contributed by atoms with van der Waals surface area (Å²) >= 11 is 12.4. The smallest absolute Gasteiger partial charge is 0.270 e. The van der Waals surface area contributed by atoms with Crippen LogP contribution in [0.2, 0.25) is 5.02 Å². The number of nitrogens with zero attached hydrogens (tertiary/aromatic N) is 8. The number of hydrogen-bond acceptors (Lipinski definition) is 14. The Morgan fingerprint density at radius 3 is 1.45 bits per heavy atom. The average Bonchev–Trinajstić information content (AvgIpc) is 3.96. The Hall–Kier alpha value is -4.87. The lowest BCUT2D eigenvalue weighted by atomic mass is 10.2. The van der Waals surface area contributed by atoms with Crippen molar-refractivity contribution in [3.8, 4) is 22.5 Å². The van der Waals surface area contributed by atoms with Gasteiger partial charge in [-0.15, -0.1) is 22.7 Å². The molecule has 2 aliphatic heterocycles. The van der Waals surface area contributed by atoms with Crippen molar-refractivity contribution in [1.29, 1.82) is 0 Å². The lowest BCUT2D eigenvalue weighted by Crippen LogP contribution is -2.48. The van der Waals surface area contributed by atoms with Crippen molar-refractivity contribution in [2.45, 2.75) is 9.79 Å². The van der Waals surface area contributed by atoms with E-state index < -0.39 is 29.9 Å². The van der Waals surface area contributed by atoms with Crippen LogP contribution in [0.4, 0.5) is 21.6 Å². The third kappa shape index (κ3) is 9.84. The van der Waals surface area contributed by atoms with Gasteiger partial charge in [-0.2, -0.15) is 8.61 Å². The van der Waals surface area contributed by atoms with E-state index in [1.807, 2.05) is 64.2 Å². The highest BCUT2D eigenvalue weighted by Crippen LogP contribution is 2.32. The van der Waals surface area contributed by atoms with Crippen LogP contribution >= 0.6 is 50.2 Å². The Labute approximate surface area is 366 Å². The van der Waals surface area contributed by atoms with E-state index in [1.54, 1.807) is 0 Å². The van der Waals surface area contributed by atoms with Gasteiger partial charge in [-0.1, -0.05) is 63.9 Å². The second kappa shape index (κ2) is 18.4. The zero-order valence-electron chi connectivity index (χ0n) is 31.3. The molecule has 22 heteroatoms. The molecular weight excluding hydrogens is 940 g/mol. The van der Waals surface area contributed by atoms with Crippen LogP contribution in [0.5, 0.6) is 0 Å². The lowest BCUT2D eigenvalue weighted by molar-refractivity contribution is -0.385. The quantitative estimate of drug-likeness (QED) is 0.0954. The summed E-state index contributed by atoms with van der Waals surface area (Å²) in [5.74, 6) is 0. The molecule has 6 aromatic rings. The zero-order valence-corrected chi connectivity index (χ0v) is 36.9. The van der Waals surface area contributed by atoms with Crippen LogP contribution in [-0.4, -0.2) is 97.6 Å². The summed E-state index contributed by atoms with van der Waals surface area (Å²) in [6.45, 7) is 3.11. The zero-order chi connectivity index (χ0) is 42.6. The number of piperazine rings is 2. The van der Waals surface area contributed by atoms with E-state index in [0.717, 1.165) is 49.4 Å². The van der Waals surface area contributed by atoms with Crippen molar-refractivity contribution in [2.24, 2.45) is 0 Å². The normalized spacial score (nSPS) is 15.3. The molecule has 2 fully saturated rings. The number of sulfonamides is 2. The number of benzene rings is 4. The topological polar surface area (TPSA) is 193 Å². The molecule has 0 radical (unpaired) electrons. The van der Waals surface area contributed by atoms with Crippen LogP contribution < -0.4 is 9.80 Å². The molecule has 0 spiro atoms. The Morgan fingerprint density at radius 2 is 1.02 bits per heavy atom. The molecule has 0 amide bonds. The fraction of sp³-hybridized carbons (Fsp3) is 0.211. The first kappa shape index (κ1) is 43.2. The summed E-state index contributed by atoms with van der Waals surface area (Å²) in [6, 6.07) is 25.6. The van der Waals surface area contributed by atoms with E-state index in [0.29, 0.717) is 31.2 Å². The number of non-ortho nitro benzene ring substituents is 2. The molecule has 8 rings (SSSR count). The fourth-order valence-electron chi connectivity index (χ4n) is 6.41. The standard InChI is InChI=1S/C19H17BrN4O4S2.C19H17ClN4O4S2/c20-15-4-1-3-14(11-15)18-13-29-19(21-18)22-7-9-23(10-8-22)30(27,28)17-6-2-5-16(12-17)24(25)26;20-15-6-4-14(5-7-15)18-13-29-19(21-18)22-8-10-23(11-9-22)30(27,28)17-3-1-2-16(12-17)24(25)26/h1-6,11-13H,7-10H2;1-7,12-13H,8-11H2. The summed E-state index contributed by atoms with van der Waals surface area (Å²) in [4.78, 5) is 34.1. The maximum Gasteiger partial charge on any atom is 0.270 e. The van der Waals surface area contributed by atoms with Crippen LogP contribution in [-0.2, 0) is 20.0 Å². The molecule has 60 heavy (non-hydrogen) atoms. The van der Waals surface area contributed by atoms with Gasteiger partial charge in [0.15, 0.2) is 10.3 Å². The van der Waals surface area contributed by atoms with Crippen molar-refractivity contribution in [2.75, 3.05) is 62.2 Å². The van der Waals surface area contributed by atoms with Gasteiger partial charge in [0.05, 0.1) is 31.0 Å². The number of nitro groups is 2. The Bertz CT molecular complexity index is 2740. The van der Waals surface area contributed by atoms with Gasteiger partial charge in [-0.05, 0) is 36.4 Å². The molecule has 0 saturated carbocycles. The fourth-order valence-corrected chi connectivity index (χ4v) is 11.6. The highest BCUT2D eigenvalue weighted by molar-refractivity contribution is 9.10. The Balaban J connectivity index is 0.000000181. The summed E-state index contributed by atoms with van der Waals surface area (Å²) in [6.07, 6.45) is 0. The molecule has 312 valence electrons. The maximum absolute atomic E-state index is 12.9. The number of aromatic nitrogens is 2. The molecular formula is C38H34BrClN8O8S4.